The Kier molecular flexibility index (Phi) is 4.19. The fourth-order valence-corrected chi connectivity index (χ4v) is 3.73. The molecule has 2 aliphatic heterocycles. The number of aliphatic imine (C=N–C) groups is 1. The zero-order chi connectivity index (χ0) is 15.7. The fraction of sp³-hybridized carbons (Fsp3) is 0.571. The van der Waals surface area contributed by atoms with Gasteiger partial charge in [-0.1, -0.05) is 18.7 Å². The summed E-state index contributed by atoms with van der Waals surface area (Å²) in [5.74, 6) is 0.485. The van der Waals surface area contributed by atoms with Crippen molar-refractivity contribution >= 4 is 28.4 Å². The van der Waals surface area contributed by atoms with E-state index >= 15 is 0 Å². The molecule has 0 amide bonds. The lowest BCUT2D eigenvalue weighted by molar-refractivity contribution is -0.384. The van der Waals surface area contributed by atoms with Crippen molar-refractivity contribution in [2.24, 2.45) is 4.99 Å². The van der Waals surface area contributed by atoms with Gasteiger partial charge in [0.1, 0.15) is 0 Å². The summed E-state index contributed by atoms with van der Waals surface area (Å²) in [6, 6.07) is 1.68. The summed E-state index contributed by atoms with van der Waals surface area (Å²) in [4.78, 5) is 24.1. The molecule has 0 aliphatic carbocycles. The predicted molar refractivity (Wildman–Crippen MR) is 88.8 cm³/mol. The van der Waals surface area contributed by atoms with Crippen molar-refractivity contribution in [3.63, 3.8) is 0 Å². The second kappa shape index (κ2) is 6.12. The highest BCUT2D eigenvalue weighted by molar-refractivity contribution is 8.14. The van der Waals surface area contributed by atoms with Crippen LogP contribution in [-0.4, -0.2) is 57.9 Å². The molecule has 8 heteroatoms. The Balaban J connectivity index is 1.72. The molecule has 0 N–H and O–H groups in total. The first-order valence-corrected chi connectivity index (χ1v) is 8.25. The van der Waals surface area contributed by atoms with Gasteiger partial charge in [0.2, 0.25) is 5.82 Å². The Morgan fingerprint density at radius 3 is 2.59 bits per heavy atom. The first-order valence-electron chi connectivity index (χ1n) is 7.37. The summed E-state index contributed by atoms with van der Waals surface area (Å²) in [6.07, 6.45) is 1.64. The van der Waals surface area contributed by atoms with Gasteiger partial charge in [0.25, 0.3) is 0 Å². The number of nitrogens with zero attached hydrogens (tertiary/aromatic N) is 5. The molecule has 0 radical (unpaired) electrons. The number of anilines is 1. The van der Waals surface area contributed by atoms with Crippen LogP contribution < -0.4 is 4.90 Å². The lowest BCUT2D eigenvalue weighted by Crippen LogP contribution is -2.48. The minimum atomic E-state index is -0.331. The van der Waals surface area contributed by atoms with Crippen LogP contribution in [0.3, 0.4) is 0 Å². The number of hydrogen-bond acceptors (Lipinski definition) is 7. The Bertz CT molecular complexity index is 613. The Labute approximate surface area is 133 Å². The van der Waals surface area contributed by atoms with E-state index < -0.39 is 0 Å². The van der Waals surface area contributed by atoms with E-state index in [0.717, 1.165) is 37.9 Å². The van der Waals surface area contributed by atoms with Gasteiger partial charge in [0, 0.05) is 43.2 Å². The number of aryl methyl sites for hydroxylation is 1. The average Bonchev–Trinajstić information content (AvgIpc) is 2.93. The van der Waals surface area contributed by atoms with Crippen LogP contribution in [0.25, 0.3) is 0 Å². The largest absolute Gasteiger partial charge is 0.348 e. The SMILES string of the molecule is Cc1ccnc(N2CCN(C3=NC[C@H](C)S3)CC2)c1[N+](=O)[O-]. The van der Waals surface area contributed by atoms with E-state index in [-0.39, 0.29) is 10.6 Å². The van der Waals surface area contributed by atoms with Crippen LogP contribution in [0.15, 0.2) is 17.3 Å². The maximum absolute atomic E-state index is 11.3. The van der Waals surface area contributed by atoms with Crippen LogP contribution in [-0.2, 0) is 0 Å². The van der Waals surface area contributed by atoms with Crippen molar-refractivity contribution in [3.05, 3.63) is 27.9 Å². The summed E-state index contributed by atoms with van der Waals surface area (Å²) in [5.41, 5.74) is 0.777. The molecule has 3 rings (SSSR count). The second-order valence-corrected chi connectivity index (χ2v) is 6.99. The monoisotopic (exact) mass is 321 g/mol. The summed E-state index contributed by atoms with van der Waals surface area (Å²) < 4.78 is 0. The molecular weight excluding hydrogens is 302 g/mol. The first-order chi connectivity index (χ1) is 10.6. The maximum atomic E-state index is 11.3. The zero-order valence-electron chi connectivity index (χ0n) is 12.7. The third-order valence-electron chi connectivity index (χ3n) is 3.93. The standard InChI is InChI=1S/C14H19N5O2S/c1-10-3-4-15-13(12(10)19(20)21)17-5-7-18(8-6-17)14-16-9-11(2)22-14/h3-4,11H,5-9H2,1-2H3/t11-/m0/s1. The van der Waals surface area contributed by atoms with E-state index in [1.165, 1.54) is 0 Å². The van der Waals surface area contributed by atoms with Crippen molar-refractivity contribution in [2.75, 3.05) is 37.6 Å². The fourth-order valence-electron chi connectivity index (χ4n) is 2.74. The molecular formula is C14H19N5O2S. The summed E-state index contributed by atoms with van der Waals surface area (Å²) in [7, 11) is 0. The second-order valence-electron chi connectivity index (χ2n) is 5.58. The zero-order valence-corrected chi connectivity index (χ0v) is 13.5. The summed E-state index contributed by atoms with van der Waals surface area (Å²) >= 11 is 1.81. The highest BCUT2D eigenvalue weighted by Gasteiger charge is 2.29. The molecule has 22 heavy (non-hydrogen) atoms. The number of nitro groups is 1. The van der Waals surface area contributed by atoms with Crippen molar-refractivity contribution in [2.45, 2.75) is 19.1 Å². The van der Waals surface area contributed by atoms with Gasteiger partial charge in [-0.2, -0.15) is 0 Å². The van der Waals surface area contributed by atoms with Crippen molar-refractivity contribution in [1.29, 1.82) is 0 Å². The van der Waals surface area contributed by atoms with Gasteiger partial charge >= 0.3 is 5.69 Å². The van der Waals surface area contributed by atoms with E-state index in [2.05, 4.69) is 21.8 Å². The van der Waals surface area contributed by atoms with Gasteiger partial charge in [-0.25, -0.2) is 4.98 Å². The molecule has 3 heterocycles. The molecule has 2 aliphatic rings. The van der Waals surface area contributed by atoms with Crippen LogP contribution in [0.1, 0.15) is 12.5 Å². The minimum Gasteiger partial charge on any atom is -0.348 e. The molecule has 1 fully saturated rings. The number of pyridine rings is 1. The van der Waals surface area contributed by atoms with Gasteiger partial charge in [0.05, 0.1) is 11.5 Å². The molecule has 1 saturated heterocycles. The molecule has 7 nitrogen and oxygen atoms in total. The molecule has 0 bridgehead atoms. The minimum absolute atomic E-state index is 0.122. The lowest BCUT2D eigenvalue weighted by atomic mass is 10.2. The molecule has 1 aromatic rings. The molecule has 1 aromatic heterocycles. The average molecular weight is 321 g/mol. The molecule has 0 spiro atoms. The molecule has 0 saturated carbocycles. The number of rotatable bonds is 2. The lowest BCUT2D eigenvalue weighted by Gasteiger charge is -2.36. The van der Waals surface area contributed by atoms with Crippen molar-refractivity contribution in [3.8, 4) is 0 Å². The van der Waals surface area contributed by atoms with Crippen LogP contribution in [0.2, 0.25) is 0 Å². The highest BCUT2D eigenvalue weighted by atomic mass is 32.2. The highest BCUT2D eigenvalue weighted by Crippen LogP contribution is 2.30. The van der Waals surface area contributed by atoms with E-state index in [1.54, 1.807) is 19.2 Å². The molecule has 1 atom stereocenters. The molecule has 0 unspecified atom stereocenters. The van der Waals surface area contributed by atoms with Crippen LogP contribution in [0.4, 0.5) is 11.5 Å². The van der Waals surface area contributed by atoms with E-state index in [0.29, 0.717) is 16.6 Å². The van der Waals surface area contributed by atoms with Gasteiger partial charge < -0.3 is 9.80 Å². The van der Waals surface area contributed by atoms with Crippen LogP contribution in [0, 0.1) is 17.0 Å². The van der Waals surface area contributed by atoms with E-state index in [1.807, 2.05) is 16.7 Å². The Morgan fingerprint density at radius 1 is 1.32 bits per heavy atom. The number of amidine groups is 1. The third-order valence-corrected chi connectivity index (χ3v) is 5.08. The number of hydrogen-bond donors (Lipinski definition) is 0. The van der Waals surface area contributed by atoms with Crippen molar-refractivity contribution < 1.29 is 4.92 Å². The van der Waals surface area contributed by atoms with Gasteiger partial charge in [-0.05, 0) is 13.0 Å². The Hall–Kier alpha value is -1.83. The third kappa shape index (κ3) is 2.87. The van der Waals surface area contributed by atoms with E-state index in [9.17, 15) is 10.1 Å². The Morgan fingerprint density at radius 2 is 2.00 bits per heavy atom. The molecule has 0 aromatic carbocycles. The van der Waals surface area contributed by atoms with E-state index in [4.69, 9.17) is 0 Å². The normalized spacial score (nSPS) is 21.9. The smallest absolute Gasteiger partial charge is 0.314 e. The van der Waals surface area contributed by atoms with Gasteiger partial charge in [-0.15, -0.1) is 0 Å². The summed E-state index contributed by atoms with van der Waals surface area (Å²) in [6.45, 7) is 7.92. The van der Waals surface area contributed by atoms with Crippen LogP contribution >= 0.6 is 11.8 Å². The predicted octanol–water partition coefficient (Wildman–Crippen LogP) is 1.91. The molecule has 118 valence electrons. The number of thioether (sulfide) groups is 1. The van der Waals surface area contributed by atoms with Gasteiger partial charge in [0.15, 0.2) is 5.17 Å². The topological polar surface area (TPSA) is 74.9 Å². The van der Waals surface area contributed by atoms with Gasteiger partial charge in [-0.3, -0.25) is 15.1 Å². The number of aromatic nitrogens is 1. The van der Waals surface area contributed by atoms with Crippen molar-refractivity contribution in [1.82, 2.24) is 9.88 Å². The first kappa shape index (κ1) is 15.1. The van der Waals surface area contributed by atoms with Crippen LogP contribution in [0.5, 0.6) is 0 Å². The number of piperazine rings is 1. The maximum Gasteiger partial charge on any atom is 0.314 e. The quantitative estimate of drug-likeness (QED) is 0.612. The summed E-state index contributed by atoms with van der Waals surface area (Å²) in [5, 5.41) is 13.0.